The van der Waals surface area contributed by atoms with Crippen molar-refractivity contribution >= 4 is 0 Å². The van der Waals surface area contributed by atoms with Crippen LogP contribution < -0.4 is 0 Å². The van der Waals surface area contributed by atoms with Crippen molar-refractivity contribution in [2.45, 2.75) is 13.1 Å². The highest BCUT2D eigenvalue weighted by atomic mass is 19.1. The van der Waals surface area contributed by atoms with Gasteiger partial charge in [-0.25, -0.2) is 8.78 Å². The molecule has 0 aromatic heterocycles. The van der Waals surface area contributed by atoms with Crippen LogP contribution in [0.1, 0.15) is 16.7 Å². The Hall–Kier alpha value is -2.25. The fourth-order valence-electron chi connectivity index (χ4n) is 2.10. The summed E-state index contributed by atoms with van der Waals surface area (Å²) in [6.07, 6.45) is 0. The van der Waals surface area contributed by atoms with Crippen molar-refractivity contribution in [3.05, 3.63) is 70.8 Å². The molecule has 20 heavy (non-hydrogen) atoms. The topological polar surface area (TPSA) is 27.0 Å². The van der Waals surface area contributed by atoms with E-state index in [9.17, 15) is 8.78 Å². The maximum atomic E-state index is 13.2. The van der Waals surface area contributed by atoms with Crippen molar-refractivity contribution in [3.8, 4) is 6.07 Å². The molecule has 0 spiro atoms. The van der Waals surface area contributed by atoms with E-state index in [1.54, 1.807) is 6.07 Å². The minimum atomic E-state index is -0.363. The third kappa shape index (κ3) is 3.62. The van der Waals surface area contributed by atoms with Gasteiger partial charge in [0.25, 0.3) is 0 Å². The summed E-state index contributed by atoms with van der Waals surface area (Å²) >= 11 is 0. The largest absolute Gasteiger partial charge is 0.298 e. The number of rotatable bonds is 4. The van der Waals surface area contributed by atoms with E-state index in [-0.39, 0.29) is 11.6 Å². The molecule has 2 rings (SSSR count). The highest BCUT2D eigenvalue weighted by molar-refractivity contribution is 5.37. The molecule has 2 aromatic carbocycles. The lowest BCUT2D eigenvalue weighted by atomic mass is 10.1. The summed E-state index contributed by atoms with van der Waals surface area (Å²) in [7, 11) is 1.84. The van der Waals surface area contributed by atoms with Crippen LogP contribution in [0.25, 0.3) is 0 Å². The predicted octanol–water partition coefficient (Wildman–Crippen LogP) is 3.47. The zero-order valence-corrected chi connectivity index (χ0v) is 11.1. The van der Waals surface area contributed by atoms with Crippen molar-refractivity contribution in [1.29, 1.82) is 5.26 Å². The van der Waals surface area contributed by atoms with Crippen LogP contribution in [0.2, 0.25) is 0 Å². The number of benzene rings is 2. The van der Waals surface area contributed by atoms with Crippen LogP contribution in [0.15, 0.2) is 42.5 Å². The third-order valence-electron chi connectivity index (χ3n) is 2.97. The molecule has 0 aliphatic rings. The van der Waals surface area contributed by atoms with Crippen molar-refractivity contribution in [3.63, 3.8) is 0 Å². The normalized spacial score (nSPS) is 10.6. The van der Waals surface area contributed by atoms with E-state index in [0.717, 1.165) is 5.56 Å². The number of hydrogen-bond donors (Lipinski definition) is 0. The molecule has 2 nitrogen and oxygen atoms in total. The lowest BCUT2D eigenvalue weighted by Crippen LogP contribution is -2.18. The number of hydrogen-bond acceptors (Lipinski definition) is 2. The quantitative estimate of drug-likeness (QED) is 0.852. The summed E-state index contributed by atoms with van der Waals surface area (Å²) in [5, 5.41) is 9.01. The fraction of sp³-hybridized carbons (Fsp3) is 0.188. The molecule has 0 bridgehead atoms. The van der Waals surface area contributed by atoms with Gasteiger partial charge in [-0.2, -0.15) is 5.26 Å². The Labute approximate surface area is 116 Å². The molecule has 0 saturated carbocycles. The smallest absolute Gasteiger partial charge is 0.123 e. The molecule has 4 heteroatoms. The van der Waals surface area contributed by atoms with Gasteiger partial charge in [-0.05, 0) is 48.5 Å². The zero-order chi connectivity index (χ0) is 14.5. The number of nitrogens with zero attached hydrogens (tertiary/aromatic N) is 2. The molecule has 0 fully saturated rings. The third-order valence-corrected chi connectivity index (χ3v) is 2.97. The van der Waals surface area contributed by atoms with E-state index < -0.39 is 0 Å². The molecule has 0 atom stereocenters. The van der Waals surface area contributed by atoms with Crippen LogP contribution >= 0.6 is 0 Å². The first-order valence-corrected chi connectivity index (χ1v) is 6.20. The molecule has 102 valence electrons. The second kappa shape index (κ2) is 6.27. The van der Waals surface area contributed by atoms with E-state index in [1.807, 2.05) is 24.1 Å². The summed E-state index contributed by atoms with van der Waals surface area (Å²) in [6, 6.07) is 12.5. The Kier molecular flexibility index (Phi) is 4.44. The van der Waals surface area contributed by atoms with E-state index in [1.165, 1.54) is 30.3 Å². The molecule has 0 aliphatic heterocycles. The molecule has 0 saturated heterocycles. The molecule has 0 aliphatic carbocycles. The summed E-state index contributed by atoms with van der Waals surface area (Å²) in [6.45, 7) is 0.955. The van der Waals surface area contributed by atoms with Crippen LogP contribution in [0.4, 0.5) is 8.78 Å². The Balaban J connectivity index is 2.10. The number of halogens is 2. The van der Waals surface area contributed by atoms with Crippen molar-refractivity contribution < 1.29 is 8.78 Å². The molecule has 0 radical (unpaired) electrons. The molecule has 0 unspecified atom stereocenters. The van der Waals surface area contributed by atoms with Gasteiger partial charge in [0.1, 0.15) is 11.6 Å². The van der Waals surface area contributed by atoms with Crippen LogP contribution in [0.3, 0.4) is 0 Å². The first-order valence-electron chi connectivity index (χ1n) is 6.20. The summed E-state index contributed by atoms with van der Waals surface area (Å²) in [5.74, 6) is -0.641. The number of nitriles is 1. The molecule has 0 N–H and O–H groups in total. The second-order valence-electron chi connectivity index (χ2n) is 4.72. The zero-order valence-electron chi connectivity index (χ0n) is 11.1. The Bertz CT molecular complexity index is 647. The maximum absolute atomic E-state index is 13.2. The van der Waals surface area contributed by atoms with E-state index >= 15 is 0 Å². The molecular weight excluding hydrogens is 258 g/mol. The van der Waals surface area contributed by atoms with Crippen molar-refractivity contribution in [1.82, 2.24) is 4.90 Å². The summed E-state index contributed by atoms with van der Waals surface area (Å²) < 4.78 is 26.3. The fourth-order valence-corrected chi connectivity index (χ4v) is 2.10. The van der Waals surface area contributed by atoms with Crippen molar-refractivity contribution in [2.75, 3.05) is 7.05 Å². The monoisotopic (exact) mass is 272 g/mol. The average Bonchev–Trinajstić information content (AvgIpc) is 2.38. The van der Waals surface area contributed by atoms with E-state index in [2.05, 4.69) is 0 Å². The highest BCUT2D eigenvalue weighted by Crippen LogP contribution is 2.14. The standard InChI is InChI=1S/C16H14F2N2/c1-20(10-12-3-2-4-15(17)7-12)11-14-8-16(18)6-5-13(14)9-19/h2-8H,10-11H2,1H3. The van der Waals surface area contributed by atoms with E-state index in [4.69, 9.17) is 5.26 Å². The van der Waals surface area contributed by atoms with Gasteiger partial charge in [0.15, 0.2) is 0 Å². The van der Waals surface area contributed by atoms with Crippen molar-refractivity contribution in [2.24, 2.45) is 0 Å². The minimum Gasteiger partial charge on any atom is -0.298 e. The molecule has 0 heterocycles. The lowest BCUT2D eigenvalue weighted by Gasteiger charge is -2.17. The molecule has 2 aromatic rings. The van der Waals surface area contributed by atoms with Gasteiger partial charge in [-0.3, -0.25) is 4.90 Å². The van der Waals surface area contributed by atoms with Gasteiger partial charge >= 0.3 is 0 Å². The van der Waals surface area contributed by atoms with Gasteiger partial charge in [-0.1, -0.05) is 12.1 Å². The van der Waals surface area contributed by atoms with Gasteiger partial charge < -0.3 is 0 Å². The molecular formula is C16H14F2N2. The predicted molar refractivity (Wildman–Crippen MR) is 72.7 cm³/mol. The first kappa shape index (κ1) is 14.2. The van der Waals surface area contributed by atoms with Gasteiger partial charge in [0.05, 0.1) is 11.6 Å². The van der Waals surface area contributed by atoms with Crippen LogP contribution in [0.5, 0.6) is 0 Å². The van der Waals surface area contributed by atoms with Gasteiger partial charge in [0.2, 0.25) is 0 Å². The first-order chi connectivity index (χ1) is 9.58. The maximum Gasteiger partial charge on any atom is 0.123 e. The average molecular weight is 272 g/mol. The Morgan fingerprint density at radius 3 is 2.50 bits per heavy atom. The summed E-state index contributed by atoms with van der Waals surface area (Å²) in [4.78, 5) is 1.91. The molecule has 0 amide bonds. The minimum absolute atomic E-state index is 0.278. The summed E-state index contributed by atoms with van der Waals surface area (Å²) in [5.41, 5.74) is 1.92. The van der Waals surface area contributed by atoms with Crippen LogP contribution in [-0.4, -0.2) is 11.9 Å². The SMILES string of the molecule is CN(Cc1cccc(F)c1)Cc1cc(F)ccc1C#N. The second-order valence-corrected chi connectivity index (χ2v) is 4.72. The Morgan fingerprint density at radius 2 is 1.80 bits per heavy atom. The van der Waals surface area contributed by atoms with Gasteiger partial charge in [0, 0.05) is 13.1 Å². The lowest BCUT2D eigenvalue weighted by molar-refractivity contribution is 0.318. The van der Waals surface area contributed by atoms with Crippen LogP contribution in [0, 0.1) is 23.0 Å². The Morgan fingerprint density at radius 1 is 1.05 bits per heavy atom. The van der Waals surface area contributed by atoms with Gasteiger partial charge in [-0.15, -0.1) is 0 Å². The van der Waals surface area contributed by atoms with E-state index in [0.29, 0.717) is 24.2 Å². The highest BCUT2D eigenvalue weighted by Gasteiger charge is 2.08. The van der Waals surface area contributed by atoms with Crippen LogP contribution in [-0.2, 0) is 13.1 Å².